The summed E-state index contributed by atoms with van der Waals surface area (Å²) in [5.74, 6) is 0.418. The van der Waals surface area contributed by atoms with Gasteiger partial charge in [-0.2, -0.15) is 5.26 Å². The number of hydrogen-bond acceptors (Lipinski definition) is 7. The molecule has 2 rings (SSSR count). The number of sulfone groups is 1. The maximum Gasteiger partial charge on any atom is 0.261 e. The van der Waals surface area contributed by atoms with Crippen LogP contribution in [0.2, 0.25) is 0 Å². The summed E-state index contributed by atoms with van der Waals surface area (Å²) in [4.78, 5) is 0.155. The first-order chi connectivity index (χ1) is 12.1. The van der Waals surface area contributed by atoms with E-state index in [1.54, 1.807) is 30.3 Å². The molecule has 0 saturated heterocycles. The first kappa shape index (κ1) is 21.8. The first-order valence-electron chi connectivity index (χ1n) is 6.96. The molecule has 0 radical (unpaired) electrons. The Labute approximate surface area is 157 Å². The second-order valence-electron chi connectivity index (χ2n) is 4.71. The van der Waals surface area contributed by atoms with E-state index in [0.717, 1.165) is 0 Å². The second-order valence-corrected chi connectivity index (χ2v) is 9.27. The molecule has 0 aliphatic carbocycles. The molecule has 0 spiro atoms. The Kier molecular flexibility index (Phi) is 7.89. The zero-order valence-corrected chi connectivity index (χ0v) is 16.3. The minimum atomic E-state index is -3.64. The number of ether oxygens (including phenoxy) is 2. The standard InChI is InChI=1S/C9H9NO3S.C7H7ClO3S/c1-13-8-3-2-4-9(7-8)14(11,12)6-5-10;1-11-6-3-2-4-7(5-6)12(8,9)10/h2-4,7H,6H2,1H3;2-5H,1H3. The van der Waals surface area contributed by atoms with E-state index in [0.29, 0.717) is 11.5 Å². The van der Waals surface area contributed by atoms with E-state index in [1.807, 2.05) is 0 Å². The third-order valence-corrected chi connectivity index (χ3v) is 5.81. The van der Waals surface area contributed by atoms with Gasteiger partial charge in [0.25, 0.3) is 9.05 Å². The molecule has 0 aromatic heterocycles. The molecular weight excluding hydrogens is 402 g/mol. The SMILES string of the molecule is COc1cccc(S(=O)(=O)CC#N)c1.COc1cccc(S(=O)(=O)Cl)c1. The molecule has 0 atom stereocenters. The maximum atomic E-state index is 11.4. The molecule has 0 bridgehead atoms. The minimum absolute atomic E-state index is 0.0449. The lowest BCUT2D eigenvalue weighted by molar-refractivity contribution is 0.413. The smallest absolute Gasteiger partial charge is 0.261 e. The minimum Gasteiger partial charge on any atom is -0.497 e. The molecule has 0 N–H and O–H groups in total. The Bertz CT molecular complexity index is 997. The van der Waals surface area contributed by atoms with Gasteiger partial charge in [0.1, 0.15) is 17.3 Å². The van der Waals surface area contributed by atoms with Crippen LogP contribution in [0.5, 0.6) is 11.5 Å². The van der Waals surface area contributed by atoms with Crippen LogP contribution in [0.3, 0.4) is 0 Å². The molecule has 0 aliphatic rings. The fourth-order valence-corrected chi connectivity index (χ4v) is 3.42. The third-order valence-electron chi connectivity index (χ3n) is 2.98. The van der Waals surface area contributed by atoms with Crippen LogP contribution in [0.1, 0.15) is 0 Å². The van der Waals surface area contributed by atoms with Gasteiger partial charge in [0.2, 0.25) is 0 Å². The van der Waals surface area contributed by atoms with Gasteiger partial charge in [0.15, 0.2) is 9.84 Å². The molecule has 26 heavy (non-hydrogen) atoms. The highest BCUT2D eigenvalue weighted by molar-refractivity contribution is 8.13. The fourth-order valence-electron chi connectivity index (χ4n) is 1.72. The molecule has 0 fully saturated rings. The fraction of sp³-hybridized carbons (Fsp3) is 0.188. The van der Waals surface area contributed by atoms with Crippen molar-refractivity contribution in [3.63, 3.8) is 0 Å². The summed E-state index contributed by atoms with van der Waals surface area (Å²) in [5.41, 5.74) is 0. The van der Waals surface area contributed by atoms with E-state index in [-0.39, 0.29) is 9.79 Å². The van der Waals surface area contributed by atoms with Crippen molar-refractivity contribution >= 4 is 29.6 Å². The summed E-state index contributed by atoms with van der Waals surface area (Å²) in [7, 11) is 0.890. The summed E-state index contributed by atoms with van der Waals surface area (Å²) in [6, 6.07) is 13.6. The van der Waals surface area contributed by atoms with Crippen LogP contribution in [0.4, 0.5) is 0 Å². The third kappa shape index (κ3) is 6.55. The Morgan fingerprint density at radius 3 is 1.81 bits per heavy atom. The molecule has 0 amide bonds. The highest BCUT2D eigenvalue weighted by Crippen LogP contribution is 2.20. The van der Waals surface area contributed by atoms with Crippen LogP contribution in [0.15, 0.2) is 58.3 Å². The van der Waals surface area contributed by atoms with Crippen molar-refractivity contribution in [2.75, 3.05) is 20.0 Å². The van der Waals surface area contributed by atoms with Gasteiger partial charge >= 0.3 is 0 Å². The van der Waals surface area contributed by atoms with E-state index >= 15 is 0 Å². The van der Waals surface area contributed by atoms with Gasteiger partial charge in [0, 0.05) is 16.7 Å². The van der Waals surface area contributed by atoms with E-state index in [9.17, 15) is 16.8 Å². The van der Waals surface area contributed by atoms with Gasteiger partial charge < -0.3 is 9.47 Å². The highest BCUT2D eigenvalue weighted by Gasteiger charge is 2.14. The largest absolute Gasteiger partial charge is 0.497 e. The average Bonchev–Trinajstić information content (AvgIpc) is 2.61. The van der Waals surface area contributed by atoms with Crippen LogP contribution in [0.25, 0.3) is 0 Å². The van der Waals surface area contributed by atoms with Crippen LogP contribution < -0.4 is 9.47 Å². The lowest BCUT2D eigenvalue weighted by Crippen LogP contribution is -2.04. The zero-order valence-electron chi connectivity index (χ0n) is 13.9. The van der Waals surface area contributed by atoms with Crippen LogP contribution in [0, 0.1) is 11.3 Å². The number of benzene rings is 2. The summed E-state index contributed by atoms with van der Waals surface area (Å²) in [6.45, 7) is 0. The monoisotopic (exact) mass is 417 g/mol. The number of halogens is 1. The number of nitriles is 1. The van der Waals surface area contributed by atoms with Crippen molar-refractivity contribution in [1.29, 1.82) is 5.26 Å². The van der Waals surface area contributed by atoms with Crippen LogP contribution in [-0.4, -0.2) is 36.8 Å². The van der Waals surface area contributed by atoms with Gasteiger partial charge in [-0.1, -0.05) is 12.1 Å². The van der Waals surface area contributed by atoms with Crippen LogP contribution in [-0.2, 0) is 18.9 Å². The second kappa shape index (κ2) is 9.43. The molecule has 0 saturated carbocycles. The van der Waals surface area contributed by atoms with Gasteiger partial charge in [0.05, 0.1) is 30.1 Å². The van der Waals surface area contributed by atoms with Crippen molar-refractivity contribution in [2.45, 2.75) is 9.79 Å². The van der Waals surface area contributed by atoms with E-state index < -0.39 is 24.6 Å². The molecule has 2 aromatic rings. The molecular formula is C16H16ClNO6S2. The van der Waals surface area contributed by atoms with Crippen molar-refractivity contribution in [2.24, 2.45) is 0 Å². The zero-order chi connectivity index (χ0) is 19.8. The number of nitrogens with zero attached hydrogens (tertiary/aromatic N) is 1. The lowest BCUT2D eigenvalue weighted by atomic mass is 10.3. The quantitative estimate of drug-likeness (QED) is 0.687. The highest BCUT2D eigenvalue weighted by atomic mass is 35.7. The molecule has 0 unspecified atom stereocenters. The Morgan fingerprint density at radius 2 is 1.38 bits per heavy atom. The van der Waals surface area contributed by atoms with E-state index in [4.69, 9.17) is 25.4 Å². The topological polar surface area (TPSA) is 111 Å². The molecule has 7 nitrogen and oxygen atoms in total. The number of rotatable bonds is 5. The van der Waals surface area contributed by atoms with Crippen molar-refractivity contribution in [1.82, 2.24) is 0 Å². The maximum absolute atomic E-state index is 11.4. The summed E-state index contributed by atoms with van der Waals surface area (Å²) in [6.07, 6.45) is 0. The molecule has 140 valence electrons. The molecule has 10 heteroatoms. The Balaban J connectivity index is 0.000000263. The average molecular weight is 418 g/mol. The Hall–Kier alpha value is -2.28. The Morgan fingerprint density at radius 1 is 0.923 bits per heavy atom. The van der Waals surface area contributed by atoms with Gasteiger partial charge in [-0.25, -0.2) is 16.8 Å². The van der Waals surface area contributed by atoms with Crippen molar-refractivity contribution in [3.8, 4) is 17.6 Å². The van der Waals surface area contributed by atoms with Gasteiger partial charge in [-0.3, -0.25) is 0 Å². The summed E-state index contributed by atoms with van der Waals surface area (Å²) in [5, 5.41) is 8.33. The van der Waals surface area contributed by atoms with Gasteiger partial charge in [-0.05, 0) is 30.3 Å². The lowest BCUT2D eigenvalue weighted by Gasteiger charge is -2.02. The summed E-state index contributed by atoms with van der Waals surface area (Å²) >= 11 is 0. The predicted octanol–water partition coefficient (Wildman–Crippen LogP) is 2.62. The summed E-state index contributed by atoms with van der Waals surface area (Å²) < 4.78 is 54.2. The van der Waals surface area contributed by atoms with Crippen molar-refractivity contribution in [3.05, 3.63) is 48.5 Å². The molecule has 2 aromatic carbocycles. The predicted molar refractivity (Wildman–Crippen MR) is 96.7 cm³/mol. The molecule has 0 aliphatic heterocycles. The van der Waals surface area contributed by atoms with Crippen LogP contribution >= 0.6 is 10.7 Å². The first-order valence-corrected chi connectivity index (χ1v) is 10.9. The molecule has 0 heterocycles. The normalized spacial score (nSPS) is 10.8. The van der Waals surface area contributed by atoms with Gasteiger partial charge in [-0.15, -0.1) is 0 Å². The van der Waals surface area contributed by atoms with E-state index in [2.05, 4.69) is 0 Å². The van der Waals surface area contributed by atoms with Crippen molar-refractivity contribution < 1.29 is 26.3 Å². The van der Waals surface area contributed by atoms with E-state index in [1.165, 1.54) is 38.5 Å². The number of methoxy groups -OCH3 is 2. The number of hydrogen-bond donors (Lipinski definition) is 0.